The molecule has 0 rings (SSSR count). The minimum Gasteiger partial charge on any atom is -0.388 e. The van der Waals surface area contributed by atoms with Crippen LogP contribution in [0.3, 0.4) is 0 Å². The SMILES string of the molecule is CCC(C)(C)C(O)C=CC(C)=O. The van der Waals surface area contributed by atoms with Crippen LogP contribution in [-0.2, 0) is 4.79 Å². The second kappa shape index (κ2) is 4.41. The zero-order chi connectivity index (χ0) is 9.78. The van der Waals surface area contributed by atoms with E-state index in [0.717, 1.165) is 6.42 Å². The Morgan fingerprint density at radius 3 is 2.42 bits per heavy atom. The molecule has 0 heterocycles. The smallest absolute Gasteiger partial charge is 0.152 e. The number of carbonyl (C=O) groups is 1. The number of aliphatic hydroxyl groups excluding tert-OH is 1. The van der Waals surface area contributed by atoms with Crippen molar-refractivity contribution in [3.05, 3.63) is 12.2 Å². The van der Waals surface area contributed by atoms with E-state index >= 15 is 0 Å². The quantitative estimate of drug-likeness (QED) is 0.654. The minimum absolute atomic E-state index is 0.0269. The van der Waals surface area contributed by atoms with E-state index in [9.17, 15) is 9.90 Å². The maximum absolute atomic E-state index is 10.6. The normalized spacial score (nSPS) is 15.1. The molecule has 1 atom stereocenters. The van der Waals surface area contributed by atoms with Crippen LogP contribution in [0.25, 0.3) is 0 Å². The molecule has 2 nitrogen and oxygen atoms in total. The lowest BCUT2D eigenvalue weighted by atomic mass is 9.83. The predicted octanol–water partition coefficient (Wildman–Crippen LogP) is 1.93. The first-order valence-electron chi connectivity index (χ1n) is 4.27. The van der Waals surface area contributed by atoms with Gasteiger partial charge >= 0.3 is 0 Å². The molecule has 0 saturated heterocycles. The number of aliphatic hydroxyl groups is 1. The van der Waals surface area contributed by atoms with Crippen LogP contribution in [0.1, 0.15) is 34.1 Å². The topological polar surface area (TPSA) is 37.3 Å². The van der Waals surface area contributed by atoms with Gasteiger partial charge in [-0.25, -0.2) is 0 Å². The van der Waals surface area contributed by atoms with Crippen LogP contribution in [0, 0.1) is 5.41 Å². The predicted molar refractivity (Wildman–Crippen MR) is 49.9 cm³/mol. The summed E-state index contributed by atoms with van der Waals surface area (Å²) in [4.78, 5) is 10.6. The first-order valence-corrected chi connectivity index (χ1v) is 4.27. The summed E-state index contributed by atoms with van der Waals surface area (Å²) < 4.78 is 0. The second-order valence-corrected chi connectivity index (χ2v) is 3.76. The molecule has 0 aromatic heterocycles. The summed E-state index contributed by atoms with van der Waals surface area (Å²) in [6.45, 7) is 7.44. The van der Waals surface area contributed by atoms with Crippen LogP contribution in [-0.4, -0.2) is 17.0 Å². The number of carbonyl (C=O) groups excluding carboxylic acids is 1. The Balaban J connectivity index is 4.20. The number of ketones is 1. The van der Waals surface area contributed by atoms with Crippen molar-refractivity contribution >= 4 is 5.78 Å². The maximum atomic E-state index is 10.6. The Kier molecular flexibility index (Phi) is 4.18. The molecule has 1 N–H and O–H groups in total. The third-order valence-electron chi connectivity index (χ3n) is 2.23. The molecule has 0 saturated carbocycles. The fraction of sp³-hybridized carbons (Fsp3) is 0.700. The zero-order valence-corrected chi connectivity index (χ0v) is 8.29. The third kappa shape index (κ3) is 3.67. The lowest BCUT2D eigenvalue weighted by molar-refractivity contribution is -0.112. The van der Waals surface area contributed by atoms with Crippen molar-refractivity contribution in [1.82, 2.24) is 0 Å². The molecule has 70 valence electrons. The van der Waals surface area contributed by atoms with E-state index < -0.39 is 6.10 Å². The van der Waals surface area contributed by atoms with Crippen molar-refractivity contribution in [2.45, 2.75) is 40.2 Å². The van der Waals surface area contributed by atoms with E-state index in [0.29, 0.717) is 0 Å². The first-order chi connectivity index (χ1) is 5.40. The van der Waals surface area contributed by atoms with Crippen LogP contribution >= 0.6 is 0 Å². The number of allylic oxidation sites excluding steroid dienone is 1. The monoisotopic (exact) mass is 170 g/mol. The molecule has 0 aliphatic heterocycles. The van der Waals surface area contributed by atoms with Crippen molar-refractivity contribution in [2.75, 3.05) is 0 Å². The van der Waals surface area contributed by atoms with Gasteiger partial charge in [0.15, 0.2) is 5.78 Å². The van der Waals surface area contributed by atoms with Crippen LogP contribution in [0.4, 0.5) is 0 Å². The van der Waals surface area contributed by atoms with E-state index in [-0.39, 0.29) is 11.2 Å². The van der Waals surface area contributed by atoms with Crippen LogP contribution < -0.4 is 0 Å². The van der Waals surface area contributed by atoms with Crippen molar-refractivity contribution in [1.29, 1.82) is 0 Å². The summed E-state index contributed by atoms with van der Waals surface area (Å²) in [5, 5.41) is 9.59. The molecule has 0 aromatic carbocycles. The fourth-order valence-electron chi connectivity index (χ4n) is 0.696. The second-order valence-electron chi connectivity index (χ2n) is 3.76. The van der Waals surface area contributed by atoms with E-state index in [1.807, 2.05) is 20.8 Å². The average molecular weight is 170 g/mol. The molecule has 12 heavy (non-hydrogen) atoms. The standard InChI is InChI=1S/C10H18O2/c1-5-10(3,4)9(12)7-6-8(2)11/h6-7,9,12H,5H2,1-4H3. The van der Waals surface area contributed by atoms with Gasteiger partial charge in [0.25, 0.3) is 0 Å². The highest BCUT2D eigenvalue weighted by molar-refractivity contribution is 5.87. The van der Waals surface area contributed by atoms with E-state index in [1.54, 1.807) is 6.08 Å². The third-order valence-corrected chi connectivity index (χ3v) is 2.23. The van der Waals surface area contributed by atoms with Crippen LogP contribution in [0.2, 0.25) is 0 Å². The van der Waals surface area contributed by atoms with E-state index in [1.165, 1.54) is 13.0 Å². The lowest BCUT2D eigenvalue weighted by Gasteiger charge is -2.26. The summed E-state index contributed by atoms with van der Waals surface area (Å²) in [6.07, 6.45) is 3.33. The molecule has 0 aliphatic carbocycles. The fourth-order valence-corrected chi connectivity index (χ4v) is 0.696. The molecule has 2 heteroatoms. The van der Waals surface area contributed by atoms with Gasteiger partial charge in [-0.05, 0) is 24.8 Å². The van der Waals surface area contributed by atoms with Gasteiger partial charge in [-0.3, -0.25) is 4.79 Å². The average Bonchev–Trinajstić information content (AvgIpc) is 2.00. The highest BCUT2D eigenvalue weighted by Gasteiger charge is 2.23. The maximum Gasteiger partial charge on any atom is 0.152 e. The molecular formula is C10H18O2. The molecule has 0 amide bonds. The summed E-state index contributed by atoms with van der Waals surface area (Å²) in [5.74, 6) is -0.0269. The van der Waals surface area contributed by atoms with Gasteiger partial charge in [-0.1, -0.05) is 26.8 Å². The Morgan fingerprint density at radius 1 is 1.58 bits per heavy atom. The minimum atomic E-state index is -0.536. The van der Waals surface area contributed by atoms with Gasteiger partial charge in [-0.15, -0.1) is 0 Å². The van der Waals surface area contributed by atoms with E-state index in [2.05, 4.69) is 0 Å². The highest BCUT2D eigenvalue weighted by atomic mass is 16.3. The highest BCUT2D eigenvalue weighted by Crippen LogP contribution is 2.25. The first kappa shape index (κ1) is 11.4. The molecule has 0 aromatic rings. The molecule has 0 radical (unpaired) electrons. The van der Waals surface area contributed by atoms with Gasteiger partial charge < -0.3 is 5.11 Å². The van der Waals surface area contributed by atoms with Gasteiger partial charge in [-0.2, -0.15) is 0 Å². The van der Waals surface area contributed by atoms with Crippen molar-refractivity contribution in [3.63, 3.8) is 0 Å². The Bertz CT molecular complexity index is 180. The Hall–Kier alpha value is -0.630. The summed E-state index contributed by atoms with van der Waals surface area (Å²) in [7, 11) is 0. The zero-order valence-electron chi connectivity index (χ0n) is 8.29. The molecule has 0 aliphatic rings. The number of hydrogen-bond donors (Lipinski definition) is 1. The molecular weight excluding hydrogens is 152 g/mol. The molecule has 0 spiro atoms. The molecule has 0 fully saturated rings. The molecule has 0 bridgehead atoms. The Labute approximate surface area is 74.3 Å². The van der Waals surface area contributed by atoms with Crippen molar-refractivity contribution in [2.24, 2.45) is 5.41 Å². The van der Waals surface area contributed by atoms with Gasteiger partial charge in [0.1, 0.15) is 0 Å². The van der Waals surface area contributed by atoms with Crippen LogP contribution in [0.15, 0.2) is 12.2 Å². The summed E-state index contributed by atoms with van der Waals surface area (Å²) in [6, 6.07) is 0. The van der Waals surface area contributed by atoms with Crippen molar-refractivity contribution in [3.8, 4) is 0 Å². The van der Waals surface area contributed by atoms with Gasteiger partial charge in [0.2, 0.25) is 0 Å². The number of hydrogen-bond acceptors (Lipinski definition) is 2. The largest absolute Gasteiger partial charge is 0.388 e. The summed E-state index contributed by atoms with van der Waals surface area (Å²) in [5.41, 5.74) is -0.147. The van der Waals surface area contributed by atoms with Crippen molar-refractivity contribution < 1.29 is 9.90 Å². The van der Waals surface area contributed by atoms with Gasteiger partial charge in [0.05, 0.1) is 6.10 Å². The van der Waals surface area contributed by atoms with E-state index in [4.69, 9.17) is 0 Å². The van der Waals surface area contributed by atoms with Gasteiger partial charge in [0, 0.05) is 0 Å². The lowest BCUT2D eigenvalue weighted by Crippen LogP contribution is -2.26. The number of rotatable bonds is 4. The Morgan fingerprint density at radius 2 is 2.08 bits per heavy atom. The van der Waals surface area contributed by atoms with Crippen LogP contribution in [0.5, 0.6) is 0 Å². The molecule has 1 unspecified atom stereocenters. The summed E-state index contributed by atoms with van der Waals surface area (Å²) >= 11 is 0.